The second-order valence-corrected chi connectivity index (χ2v) is 14.6. The number of anilines is 3. The molecule has 2 unspecified atom stereocenters. The lowest BCUT2D eigenvalue weighted by molar-refractivity contribution is -0.137. The predicted molar refractivity (Wildman–Crippen MR) is 165 cm³/mol. The molecule has 1 amide bonds. The van der Waals surface area contributed by atoms with Crippen LogP contribution in [0.3, 0.4) is 0 Å². The molecule has 12 heteroatoms. The van der Waals surface area contributed by atoms with Gasteiger partial charge in [0.1, 0.15) is 5.56 Å². The zero-order chi connectivity index (χ0) is 29.9. The molecule has 0 spiro atoms. The maximum atomic E-state index is 14.1. The first kappa shape index (κ1) is 28.9. The van der Waals surface area contributed by atoms with E-state index in [1.54, 1.807) is 17.8 Å². The standard InChI is InChI=1S/C31H35F3N6OS2/c1-18-27(42-10-9-39(17-41)20-5-6-20)13-28(43-18)29-25(31(32,33)34)14-35-30(37-29)36-26-8-7-21(12-24(26)19-3-4-19)40-16-22-11-23(40)15-38(22)2/h7-8,12-14,17,19-20,22-23H,3-6,9-11,15-16H2,1-2H3,(H,35,36,37). The highest BCUT2D eigenvalue weighted by atomic mass is 32.2. The topological polar surface area (TPSA) is 64.6 Å². The number of nitrogens with one attached hydrogen (secondary N) is 1. The van der Waals surface area contributed by atoms with Crippen molar-refractivity contribution in [2.75, 3.05) is 42.7 Å². The molecule has 4 aliphatic rings. The molecule has 4 heterocycles. The van der Waals surface area contributed by atoms with Gasteiger partial charge < -0.3 is 15.1 Å². The van der Waals surface area contributed by atoms with E-state index in [0.29, 0.717) is 41.2 Å². The summed E-state index contributed by atoms with van der Waals surface area (Å²) in [6.45, 7) is 4.64. The highest BCUT2D eigenvalue weighted by molar-refractivity contribution is 7.99. The summed E-state index contributed by atoms with van der Waals surface area (Å²) in [6, 6.07) is 9.66. The van der Waals surface area contributed by atoms with Crippen molar-refractivity contribution in [1.29, 1.82) is 0 Å². The van der Waals surface area contributed by atoms with Crippen LogP contribution < -0.4 is 10.2 Å². The number of nitrogens with zero attached hydrogens (tertiary/aromatic N) is 5. The van der Waals surface area contributed by atoms with Crippen LogP contribution in [-0.2, 0) is 11.0 Å². The van der Waals surface area contributed by atoms with Crippen molar-refractivity contribution in [1.82, 2.24) is 19.8 Å². The van der Waals surface area contributed by atoms with E-state index in [1.165, 1.54) is 29.0 Å². The minimum Gasteiger partial charge on any atom is -0.366 e. The summed E-state index contributed by atoms with van der Waals surface area (Å²) >= 11 is 2.87. The molecule has 3 aromatic rings. The summed E-state index contributed by atoms with van der Waals surface area (Å²) in [7, 11) is 2.19. The molecule has 2 saturated heterocycles. The molecule has 2 aromatic heterocycles. The van der Waals surface area contributed by atoms with Gasteiger partial charge in [0.15, 0.2) is 0 Å². The zero-order valence-electron chi connectivity index (χ0n) is 24.2. The van der Waals surface area contributed by atoms with Crippen LogP contribution in [-0.4, -0.2) is 76.7 Å². The van der Waals surface area contributed by atoms with Gasteiger partial charge in [-0.15, -0.1) is 23.1 Å². The van der Waals surface area contributed by atoms with Gasteiger partial charge in [-0.25, -0.2) is 9.97 Å². The Hall–Kier alpha value is -2.83. The Labute approximate surface area is 257 Å². The van der Waals surface area contributed by atoms with Crippen LogP contribution in [0.1, 0.15) is 54.0 Å². The van der Waals surface area contributed by atoms with Crippen LogP contribution in [0.2, 0.25) is 0 Å². The fraction of sp³-hybridized carbons (Fsp3) is 0.516. The molecule has 1 aromatic carbocycles. The molecule has 43 heavy (non-hydrogen) atoms. The Morgan fingerprint density at radius 1 is 1.16 bits per heavy atom. The Kier molecular flexibility index (Phi) is 7.58. The summed E-state index contributed by atoms with van der Waals surface area (Å²) in [5, 5.41) is 3.28. The summed E-state index contributed by atoms with van der Waals surface area (Å²) in [5.41, 5.74) is 2.30. The minimum absolute atomic E-state index is 0.112. The maximum Gasteiger partial charge on any atom is 0.420 e. The van der Waals surface area contributed by atoms with Crippen LogP contribution in [0.25, 0.3) is 10.6 Å². The van der Waals surface area contributed by atoms with E-state index in [0.717, 1.165) is 66.8 Å². The van der Waals surface area contributed by atoms with E-state index >= 15 is 0 Å². The average molecular weight is 629 g/mol. The molecule has 228 valence electrons. The van der Waals surface area contributed by atoms with E-state index in [1.807, 2.05) is 17.9 Å². The number of hydrogen-bond acceptors (Lipinski definition) is 8. The van der Waals surface area contributed by atoms with Crippen LogP contribution in [0.15, 0.2) is 35.4 Å². The number of benzene rings is 1. The van der Waals surface area contributed by atoms with Crippen LogP contribution in [0, 0.1) is 6.92 Å². The molecule has 2 atom stereocenters. The lowest BCUT2D eigenvalue weighted by Crippen LogP contribution is -2.44. The molecule has 4 fully saturated rings. The van der Waals surface area contributed by atoms with Crippen LogP contribution >= 0.6 is 23.1 Å². The average Bonchev–Trinajstić information content (AvgIpc) is 3.90. The van der Waals surface area contributed by atoms with Gasteiger partial charge in [-0.05, 0) is 81.8 Å². The van der Waals surface area contributed by atoms with Crippen molar-refractivity contribution in [3.8, 4) is 10.6 Å². The first-order chi connectivity index (χ1) is 20.7. The minimum atomic E-state index is -4.59. The van der Waals surface area contributed by atoms with E-state index in [-0.39, 0.29) is 11.6 Å². The van der Waals surface area contributed by atoms with Gasteiger partial charge in [0.25, 0.3) is 0 Å². The molecule has 0 radical (unpaired) electrons. The molecular weight excluding hydrogens is 594 g/mol. The van der Waals surface area contributed by atoms with E-state index < -0.39 is 11.7 Å². The number of likely N-dealkylation sites (N-methyl/N-ethyl adjacent to an activating group) is 1. The van der Waals surface area contributed by atoms with Crippen molar-refractivity contribution < 1.29 is 18.0 Å². The third kappa shape index (κ3) is 5.98. The summed E-state index contributed by atoms with van der Waals surface area (Å²) in [6.07, 6.45) is 2.68. The number of carbonyl (C=O) groups excluding carboxylic acids is 1. The number of rotatable bonds is 11. The van der Waals surface area contributed by atoms with Gasteiger partial charge in [0, 0.05) is 70.9 Å². The molecule has 2 aliphatic heterocycles. The second-order valence-electron chi connectivity index (χ2n) is 12.2. The number of fused-ring (bicyclic) bond motifs is 2. The van der Waals surface area contributed by atoms with Gasteiger partial charge in [-0.1, -0.05) is 0 Å². The van der Waals surface area contributed by atoms with Gasteiger partial charge in [-0.3, -0.25) is 9.69 Å². The van der Waals surface area contributed by atoms with Crippen molar-refractivity contribution in [2.45, 2.75) is 74.1 Å². The Bertz CT molecular complexity index is 1520. The third-order valence-corrected chi connectivity index (χ3v) is 11.4. The fourth-order valence-electron chi connectivity index (χ4n) is 6.43. The van der Waals surface area contributed by atoms with Gasteiger partial charge >= 0.3 is 6.18 Å². The molecule has 1 N–H and O–H groups in total. The number of amides is 1. The molecule has 2 aliphatic carbocycles. The maximum absolute atomic E-state index is 14.1. The van der Waals surface area contributed by atoms with E-state index in [9.17, 15) is 18.0 Å². The van der Waals surface area contributed by atoms with Crippen LogP contribution in [0.5, 0.6) is 0 Å². The molecule has 2 bridgehead atoms. The zero-order valence-corrected chi connectivity index (χ0v) is 25.9. The number of piperazine rings is 1. The number of aryl methyl sites for hydroxylation is 1. The quantitative estimate of drug-likeness (QED) is 0.186. The van der Waals surface area contributed by atoms with Crippen LogP contribution in [0.4, 0.5) is 30.5 Å². The molecular formula is C31H35F3N6OS2. The second kappa shape index (κ2) is 11.3. The van der Waals surface area contributed by atoms with Crippen molar-refractivity contribution >= 4 is 46.8 Å². The lowest BCUT2D eigenvalue weighted by Gasteiger charge is -2.34. The van der Waals surface area contributed by atoms with Gasteiger partial charge in [0.05, 0.1) is 10.6 Å². The van der Waals surface area contributed by atoms with E-state index in [2.05, 4.69) is 44.3 Å². The summed E-state index contributed by atoms with van der Waals surface area (Å²) < 4.78 is 42.4. The SMILES string of the molecule is Cc1sc(-c2nc(Nc3ccc(N4CC5CC4CN5C)cc3C3CC3)ncc2C(F)(F)F)cc1SCCN(C=O)C1CC1. The van der Waals surface area contributed by atoms with Crippen molar-refractivity contribution in [3.05, 3.63) is 46.5 Å². The smallest absolute Gasteiger partial charge is 0.366 e. The van der Waals surface area contributed by atoms with Crippen molar-refractivity contribution in [3.63, 3.8) is 0 Å². The highest BCUT2D eigenvalue weighted by Gasteiger charge is 2.42. The number of thiophene rings is 1. The predicted octanol–water partition coefficient (Wildman–Crippen LogP) is 6.76. The first-order valence-electron chi connectivity index (χ1n) is 14.9. The Balaban J connectivity index is 1.13. The number of alkyl halides is 3. The number of halogens is 3. The number of aromatic nitrogens is 2. The molecule has 7 nitrogen and oxygen atoms in total. The fourth-order valence-corrected chi connectivity index (χ4v) is 8.65. The highest BCUT2D eigenvalue weighted by Crippen LogP contribution is 2.47. The normalized spacial score (nSPS) is 21.9. The van der Waals surface area contributed by atoms with Crippen molar-refractivity contribution in [2.24, 2.45) is 0 Å². The van der Waals surface area contributed by atoms with Gasteiger partial charge in [0.2, 0.25) is 12.4 Å². The number of hydrogen-bond donors (Lipinski definition) is 1. The van der Waals surface area contributed by atoms with E-state index in [4.69, 9.17) is 0 Å². The number of likely N-dealkylation sites (tertiary alicyclic amines) is 1. The molecule has 7 rings (SSSR count). The monoisotopic (exact) mass is 628 g/mol. The van der Waals surface area contributed by atoms with Gasteiger partial charge in [-0.2, -0.15) is 13.2 Å². The number of carbonyl (C=O) groups is 1. The first-order valence-corrected chi connectivity index (χ1v) is 16.7. The number of thioether (sulfide) groups is 1. The molecule has 2 saturated carbocycles. The Morgan fingerprint density at radius 2 is 1.98 bits per heavy atom. The summed E-state index contributed by atoms with van der Waals surface area (Å²) in [4.78, 5) is 29.0. The third-order valence-electron chi connectivity index (χ3n) is 9.10. The summed E-state index contributed by atoms with van der Waals surface area (Å²) in [5.74, 6) is 1.28. The Morgan fingerprint density at radius 3 is 2.63 bits per heavy atom. The lowest BCUT2D eigenvalue weighted by atomic mass is 10.1. The largest absolute Gasteiger partial charge is 0.420 e.